The van der Waals surface area contributed by atoms with E-state index in [2.05, 4.69) is 10.3 Å². The molecule has 0 unspecified atom stereocenters. The number of aryl methyl sites for hydroxylation is 1. The molecule has 2 heterocycles. The van der Waals surface area contributed by atoms with E-state index in [4.69, 9.17) is 0 Å². The third-order valence-electron chi connectivity index (χ3n) is 3.75. The number of hydrogen-bond acceptors (Lipinski definition) is 4. The van der Waals surface area contributed by atoms with Gasteiger partial charge in [0.1, 0.15) is 0 Å². The first-order valence-electron chi connectivity index (χ1n) is 7.56. The van der Waals surface area contributed by atoms with E-state index in [0.717, 1.165) is 15.5 Å². The molecule has 3 aromatic rings. The van der Waals surface area contributed by atoms with Gasteiger partial charge in [-0.05, 0) is 18.2 Å². The molecule has 0 saturated heterocycles. The van der Waals surface area contributed by atoms with Crippen LogP contribution < -0.4 is 16.6 Å². The topological polar surface area (TPSA) is 86.0 Å². The zero-order valence-electron chi connectivity index (χ0n) is 13.8. The van der Waals surface area contributed by atoms with Crippen molar-refractivity contribution < 1.29 is 4.79 Å². The molecule has 25 heavy (non-hydrogen) atoms. The number of anilines is 1. The first kappa shape index (κ1) is 16.4. The normalized spacial score (nSPS) is 11.1. The minimum atomic E-state index is -0.459. The lowest BCUT2D eigenvalue weighted by atomic mass is 10.2. The van der Waals surface area contributed by atoms with Crippen LogP contribution in [0.3, 0.4) is 0 Å². The molecule has 0 bridgehead atoms. The standard InChI is InChI=1S/C18H16N4O3/c1-21-11-13(17(24)22(2)18(21)25)7-8-16(23)20-14-9-12-5-3-4-6-15(12)19-10-14/h3-11H,1-2H3,(H,20,23)/b8-7+. The van der Waals surface area contributed by atoms with Crippen molar-refractivity contribution in [3.05, 3.63) is 75.2 Å². The molecular formula is C18H16N4O3. The van der Waals surface area contributed by atoms with Gasteiger partial charge in [0, 0.05) is 31.8 Å². The molecule has 0 aliphatic carbocycles. The average molecular weight is 336 g/mol. The highest BCUT2D eigenvalue weighted by atomic mass is 16.2. The monoisotopic (exact) mass is 336 g/mol. The minimum Gasteiger partial charge on any atom is -0.321 e. The van der Waals surface area contributed by atoms with Crippen molar-refractivity contribution in [2.45, 2.75) is 0 Å². The second-order valence-corrected chi connectivity index (χ2v) is 5.58. The Labute approximate surface area is 142 Å². The molecule has 1 N–H and O–H groups in total. The second-order valence-electron chi connectivity index (χ2n) is 5.58. The maximum absolute atomic E-state index is 12.1. The second kappa shape index (κ2) is 6.56. The SMILES string of the molecule is Cn1cc(/C=C/C(=O)Nc2cnc3ccccc3c2)c(=O)n(C)c1=O. The minimum absolute atomic E-state index is 0.247. The number of hydrogen-bond donors (Lipinski definition) is 1. The molecule has 1 aromatic carbocycles. The number of fused-ring (bicyclic) bond motifs is 1. The van der Waals surface area contributed by atoms with Crippen molar-refractivity contribution in [2.24, 2.45) is 14.1 Å². The van der Waals surface area contributed by atoms with Crippen molar-refractivity contribution in [3.8, 4) is 0 Å². The Hall–Kier alpha value is -3.48. The van der Waals surface area contributed by atoms with Crippen LogP contribution in [0.4, 0.5) is 5.69 Å². The third kappa shape index (κ3) is 3.40. The summed E-state index contributed by atoms with van der Waals surface area (Å²) < 4.78 is 2.27. The van der Waals surface area contributed by atoms with Gasteiger partial charge in [0.2, 0.25) is 5.91 Å². The van der Waals surface area contributed by atoms with Crippen LogP contribution in [0.25, 0.3) is 17.0 Å². The summed E-state index contributed by atoms with van der Waals surface area (Å²) in [5, 5.41) is 3.61. The number of benzene rings is 1. The quantitative estimate of drug-likeness (QED) is 0.730. The predicted octanol–water partition coefficient (Wildman–Crippen LogP) is 1.28. The Morgan fingerprint density at radius 2 is 1.96 bits per heavy atom. The van der Waals surface area contributed by atoms with Crippen molar-refractivity contribution in [2.75, 3.05) is 5.32 Å². The highest BCUT2D eigenvalue weighted by Gasteiger charge is 2.05. The van der Waals surface area contributed by atoms with Crippen LogP contribution >= 0.6 is 0 Å². The fourth-order valence-corrected chi connectivity index (χ4v) is 2.44. The average Bonchev–Trinajstić information content (AvgIpc) is 2.61. The molecule has 0 radical (unpaired) electrons. The van der Waals surface area contributed by atoms with Gasteiger partial charge in [-0.2, -0.15) is 0 Å². The van der Waals surface area contributed by atoms with Crippen LogP contribution in [0.1, 0.15) is 5.56 Å². The molecule has 7 heteroatoms. The molecular weight excluding hydrogens is 320 g/mol. The van der Waals surface area contributed by atoms with Gasteiger partial charge in [0.05, 0.1) is 23.0 Å². The molecule has 7 nitrogen and oxygen atoms in total. The Balaban J connectivity index is 1.81. The van der Waals surface area contributed by atoms with Crippen LogP contribution in [-0.4, -0.2) is 20.0 Å². The summed E-state index contributed by atoms with van der Waals surface area (Å²) in [6.07, 6.45) is 5.59. The fraction of sp³-hybridized carbons (Fsp3) is 0.111. The zero-order valence-corrected chi connectivity index (χ0v) is 13.8. The van der Waals surface area contributed by atoms with Gasteiger partial charge in [-0.25, -0.2) is 4.79 Å². The Bertz CT molecular complexity index is 1110. The summed E-state index contributed by atoms with van der Waals surface area (Å²) in [5.41, 5.74) is 0.760. The smallest absolute Gasteiger partial charge is 0.321 e. The number of carbonyl (C=O) groups is 1. The van der Waals surface area contributed by atoms with Crippen molar-refractivity contribution in [3.63, 3.8) is 0 Å². The van der Waals surface area contributed by atoms with Crippen LogP contribution in [0.5, 0.6) is 0 Å². The van der Waals surface area contributed by atoms with Crippen molar-refractivity contribution in [1.29, 1.82) is 0 Å². The number of amides is 1. The number of para-hydroxylation sites is 1. The van der Waals surface area contributed by atoms with Gasteiger partial charge >= 0.3 is 5.69 Å². The molecule has 0 saturated carbocycles. The number of pyridine rings is 1. The van der Waals surface area contributed by atoms with E-state index in [9.17, 15) is 14.4 Å². The van der Waals surface area contributed by atoms with Crippen LogP contribution in [-0.2, 0) is 18.9 Å². The Morgan fingerprint density at radius 3 is 2.76 bits per heavy atom. The van der Waals surface area contributed by atoms with E-state index in [1.807, 2.05) is 30.3 Å². The molecule has 1 amide bonds. The predicted molar refractivity (Wildman–Crippen MR) is 96.3 cm³/mol. The maximum atomic E-state index is 12.1. The first-order chi connectivity index (χ1) is 12.0. The van der Waals surface area contributed by atoms with E-state index >= 15 is 0 Å². The Morgan fingerprint density at radius 1 is 1.20 bits per heavy atom. The zero-order chi connectivity index (χ0) is 18.0. The molecule has 0 aliphatic heterocycles. The summed E-state index contributed by atoms with van der Waals surface area (Å²) in [4.78, 5) is 40.0. The van der Waals surface area contributed by atoms with Gasteiger partial charge in [-0.3, -0.25) is 19.1 Å². The number of rotatable bonds is 3. The van der Waals surface area contributed by atoms with E-state index < -0.39 is 17.2 Å². The van der Waals surface area contributed by atoms with Crippen LogP contribution in [0.15, 0.2) is 58.4 Å². The lowest BCUT2D eigenvalue weighted by Gasteiger charge is -2.04. The van der Waals surface area contributed by atoms with Gasteiger partial charge in [-0.1, -0.05) is 18.2 Å². The summed E-state index contributed by atoms with van der Waals surface area (Å²) >= 11 is 0. The number of carbonyl (C=O) groups excluding carboxylic acids is 1. The fourth-order valence-electron chi connectivity index (χ4n) is 2.44. The van der Waals surface area contributed by atoms with Gasteiger partial charge < -0.3 is 9.88 Å². The molecule has 2 aromatic heterocycles. The van der Waals surface area contributed by atoms with E-state index in [-0.39, 0.29) is 5.56 Å². The number of aromatic nitrogens is 3. The van der Waals surface area contributed by atoms with Crippen molar-refractivity contribution >= 4 is 28.6 Å². The summed E-state index contributed by atoms with van der Waals surface area (Å²) in [6.45, 7) is 0. The molecule has 3 rings (SSSR count). The molecule has 0 spiro atoms. The number of nitrogens with one attached hydrogen (secondary N) is 1. The van der Waals surface area contributed by atoms with Crippen LogP contribution in [0, 0.1) is 0 Å². The lowest BCUT2D eigenvalue weighted by molar-refractivity contribution is -0.111. The summed E-state index contributed by atoms with van der Waals surface area (Å²) in [5.74, 6) is -0.395. The third-order valence-corrected chi connectivity index (χ3v) is 3.75. The highest BCUT2D eigenvalue weighted by Crippen LogP contribution is 2.15. The lowest BCUT2D eigenvalue weighted by Crippen LogP contribution is -2.37. The van der Waals surface area contributed by atoms with E-state index in [0.29, 0.717) is 5.69 Å². The first-order valence-corrected chi connectivity index (χ1v) is 7.56. The van der Waals surface area contributed by atoms with Crippen LogP contribution in [0.2, 0.25) is 0 Å². The van der Waals surface area contributed by atoms with Gasteiger partial charge in [-0.15, -0.1) is 0 Å². The number of nitrogens with zero attached hydrogens (tertiary/aromatic N) is 3. The molecule has 0 fully saturated rings. The summed E-state index contributed by atoms with van der Waals surface area (Å²) in [7, 11) is 2.93. The largest absolute Gasteiger partial charge is 0.330 e. The maximum Gasteiger partial charge on any atom is 0.330 e. The van der Waals surface area contributed by atoms with Gasteiger partial charge in [0.15, 0.2) is 0 Å². The Kier molecular flexibility index (Phi) is 4.30. The van der Waals surface area contributed by atoms with E-state index in [1.165, 1.54) is 30.0 Å². The van der Waals surface area contributed by atoms with E-state index in [1.54, 1.807) is 13.2 Å². The molecule has 0 atom stereocenters. The van der Waals surface area contributed by atoms with Crippen molar-refractivity contribution in [1.82, 2.24) is 14.1 Å². The molecule has 126 valence electrons. The highest BCUT2D eigenvalue weighted by molar-refractivity contribution is 6.02. The summed E-state index contributed by atoms with van der Waals surface area (Å²) in [6, 6.07) is 9.40. The molecule has 0 aliphatic rings. The van der Waals surface area contributed by atoms with Gasteiger partial charge in [0.25, 0.3) is 5.56 Å².